The second-order valence-electron chi connectivity index (χ2n) is 5.52. The van der Waals surface area contributed by atoms with E-state index in [1.165, 1.54) is 0 Å². The topological polar surface area (TPSA) is 50.8 Å². The Morgan fingerprint density at radius 2 is 2.00 bits per heavy atom. The van der Waals surface area contributed by atoms with Crippen LogP contribution in [0.25, 0.3) is 0 Å². The first kappa shape index (κ1) is 15.9. The summed E-state index contributed by atoms with van der Waals surface area (Å²) in [5.74, 6) is 0.232. The van der Waals surface area contributed by atoms with Crippen LogP contribution in [0.4, 0.5) is 10.5 Å². The van der Waals surface area contributed by atoms with Crippen LogP contribution in [0.3, 0.4) is 0 Å². The third-order valence-electron chi connectivity index (χ3n) is 3.95. The Balaban J connectivity index is 1.60. The zero-order valence-corrected chi connectivity index (χ0v) is 13.6. The molecule has 3 rings (SSSR count). The number of likely N-dealkylation sites (tertiary alicyclic amines) is 1. The third-order valence-corrected chi connectivity index (χ3v) is 4.69. The van der Waals surface area contributed by atoms with Crippen LogP contribution in [-0.4, -0.2) is 43.5 Å². The molecule has 0 radical (unpaired) electrons. The fourth-order valence-corrected chi connectivity index (χ4v) is 3.14. The molecule has 1 aromatic carbocycles. The van der Waals surface area contributed by atoms with Crippen molar-refractivity contribution in [3.8, 4) is 0 Å². The number of piperidine rings is 1. The fourth-order valence-electron chi connectivity index (χ4n) is 2.84. The first-order chi connectivity index (χ1) is 10.6. The van der Waals surface area contributed by atoms with Gasteiger partial charge in [-0.3, -0.25) is 0 Å². The summed E-state index contributed by atoms with van der Waals surface area (Å²) in [6.07, 6.45) is 1.78. The van der Waals surface area contributed by atoms with E-state index in [-0.39, 0.29) is 18.2 Å². The molecule has 1 atom stereocenters. The van der Waals surface area contributed by atoms with Crippen molar-refractivity contribution in [1.29, 1.82) is 0 Å². The second kappa shape index (κ2) is 7.04. The summed E-state index contributed by atoms with van der Waals surface area (Å²) >= 11 is 11.8. The van der Waals surface area contributed by atoms with Gasteiger partial charge in [-0.25, -0.2) is 4.79 Å². The molecule has 2 aliphatic rings. The number of nitrogens with zero attached hydrogens (tertiary/aromatic N) is 1. The van der Waals surface area contributed by atoms with Gasteiger partial charge in [0.25, 0.3) is 0 Å². The molecule has 0 saturated carbocycles. The molecule has 0 aromatic heterocycles. The van der Waals surface area contributed by atoms with Gasteiger partial charge in [0, 0.05) is 24.7 Å². The maximum absolute atomic E-state index is 12.4. The highest BCUT2D eigenvalue weighted by Crippen LogP contribution is 2.27. The number of rotatable bonds is 2. The number of hydrogen-bond acceptors (Lipinski definition) is 3. The van der Waals surface area contributed by atoms with Crippen LogP contribution in [0.15, 0.2) is 18.2 Å². The summed E-state index contributed by atoms with van der Waals surface area (Å²) in [6, 6.07) is 4.91. The van der Waals surface area contributed by atoms with E-state index in [1.54, 1.807) is 23.1 Å². The molecule has 120 valence electrons. The Hall–Kier alpha value is -1.01. The Labute approximate surface area is 139 Å². The van der Waals surface area contributed by atoms with E-state index in [9.17, 15) is 4.79 Å². The summed E-state index contributed by atoms with van der Waals surface area (Å²) in [5, 5.41) is 3.74. The Bertz CT molecular complexity index is 550. The standard InChI is InChI=1S/C15H18Cl2N2O3/c16-12-4-3-11(8-13(12)17)18-15(20)19-5-1-2-10(9-19)14-21-6-7-22-14/h3-4,8,10,14H,1-2,5-7,9H2,(H,18,20). The predicted molar refractivity (Wildman–Crippen MR) is 85.5 cm³/mol. The highest BCUT2D eigenvalue weighted by Gasteiger charge is 2.32. The van der Waals surface area contributed by atoms with E-state index in [1.807, 2.05) is 0 Å². The molecule has 7 heteroatoms. The summed E-state index contributed by atoms with van der Waals surface area (Å²) < 4.78 is 11.1. The number of carbonyl (C=O) groups is 1. The molecule has 5 nitrogen and oxygen atoms in total. The molecular formula is C15H18Cl2N2O3. The first-order valence-electron chi connectivity index (χ1n) is 7.37. The quantitative estimate of drug-likeness (QED) is 0.891. The highest BCUT2D eigenvalue weighted by molar-refractivity contribution is 6.42. The maximum Gasteiger partial charge on any atom is 0.321 e. The van der Waals surface area contributed by atoms with Gasteiger partial charge in [0.15, 0.2) is 6.29 Å². The molecule has 2 heterocycles. The summed E-state index contributed by atoms with van der Waals surface area (Å²) in [5.41, 5.74) is 0.634. The molecule has 1 N–H and O–H groups in total. The summed E-state index contributed by atoms with van der Waals surface area (Å²) in [6.45, 7) is 2.64. The van der Waals surface area contributed by atoms with E-state index in [4.69, 9.17) is 32.7 Å². The van der Waals surface area contributed by atoms with Gasteiger partial charge in [0.05, 0.1) is 23.3 Å². The minimum Gasteiger partial charge on any atom is -0.350 e. The van der Waals surface area contributed by atoms with Crippen molar-refractivity contribution >= 4 is 34.9 Å². The number of hydrogen-bond donors (Lipinski definition) is 1. The number of nitrogens with one attached hydrogen (secondary N) is 1. The van der Waals surface area contributed by atoms with Crippen LogP contribution in [-0.2, 0) is 9.47 Å². The van der Waals surface area contributed by atoms with Crippen LogP contribution in [0.1, 0.15) is 12.8 Å². The van der Waals surface area contributed by atoms with Gasteiger partial charge >= 0.3 is 6.03 Å². The van der Waals surface area contributed by atoms with Crippen molar-refractivity contribution in [2.45, 2.75) is 19.1 Å². The first-order valence-corrected chi connectivity index (χ1v) is 8.13. The van der Waals surface area contributed by atoms with Gasteiger partial charge in [0.1, 0.15) is 0 Å². The van der Waals surface area contributed by atoms with Crippen LogP contribution in [0, 0.1) is 5.92 Å². The minimum absolute atomic E-state index is 0.138. The fraction of sp³-hybridized carbons (Fsp3) is 0.533. The van der Waals surface area contributed by atoms with Gasteiger partial charge in [-0.2, -0.15) is 0 Å². The lowest BCUT2D eigenvalue weighted by atomic mass is 9.98. The predicted octanol–water partition coefficient (Wildman–Crippen LogP) is 3.61. The number of anilines is 1. The third kappa shape index (κ3) is 3.66. The number of carbonyl (C=O) groups excluding carboxylic acids is 1. The molecule has 1 aromatic rings. The number of ether oxygens (including phenoxy) is 2. The lowest BCUT2D eigenvalue weighted by Crippen LogP contribution is -2.45. The van der Waals surface area contributed by atoms with E-state index in [0.717, 1.165) is 19.4 Å². The van der Waals surface area contributed by atoms with Crippen LogP contribution < -0.4 is 5.32 Å². The average molecular weight is 345 g/mol. The van der Waals surface area contributed by atoms with E-state index in [2.05, 4.69) is 5.32 Å². The number of urea groups is 1. The van der Waals surface area contributed by atoms with Crippen molar-refractivity contribution in [1.82, 2.24) is 4.90 Å². The highest BCUT2D eigenvalue weighted by atomic mass is 35.5. The SMILES string of the molecule is O=C(Nc1ccc(Cl)c(Cl)c1)N1CCCC(C2OCCO2)C1. The molecule has 2 amide bonds. The lowest BCUT2D eigenvalue weighted by Gasteiger charge is -2.34. The summed E-state index contributed by atoms with van der Waals surface area (Å²) in [4.78, 5) is 14.2. The number of halogens is 2. The normalized spacial score (nSPS) is 22.8. The van der Waals surface area contributed by atoms with Gasteiger partial charge in [-0.05, 0) is 31.0 Å². The van der Waals surface area contributed by atoms with Gasteiger partial charge in [-0.15, -0.1) is 0 Å². The van der Waals surface area contributed by atoms with Crippen LogP contribution >= 0.6 is 23.2 Å². The van der Waals surface area contributed by atoms with Crippen molar-refractivity contribution in [3.63, 3.8) is 0 Å². The maximum atomic E-state index is 12.4. The molecule has 0 aliphatic carbocycles. The Kier molecular flexibility index (Phi) is 5.08. The molecule has 0 bridgehead atoms. The Morgan fingerprint density at radius 1 is 1.23 bits per heavy atom. The van der Waals surface area contributed by atoms with Crippen LogP contribution in [0.2, 0.25) is 10.0 Å². The van der Waals surface area contributed by atoms with E-state index < -0.39 is 0 Å². The lowest BCUT2D eigenvalue weighted by molar-refractivity contribution is -0.0959. The monoisotopic (exact) mass is 344 g/mol. The van der Waals surface area contributed by atoms with Gasteiger partial charge in [0.2, 0.25) is 0 Å². The van der Waals surface area contributed by atoms with Crippen molar-refractivity contribution < 1.29 is 14.3 Å². The van der Waals surface area contributed by atoms with Gasteiger partial charge < -0.3 is 19.7 Å². The molecule has 2 aliphatic heterocycles. The van der Waals surface area contributed by atoms with Gasteiger partial charge in [-0.1, -0.05) is 23.2 Å². The number of amides is 2. The zero-order chi connectivity index (χ0) is 15.5. The molecule has 2 fully saturated rings. The zero-order valence-electron chi connectivity index (χ0n) is 12.1. The molecule has 22 heavy (non-hydrogen) atoms. The van der Waals surface area contributed by atoms with Crippen molar-refractivity contribution in [2.75, 3.05) is 31.6 Å². The summed E-state index contributed by atoms with van der Waals surface area (Å²) in [7, 11) is 0. The number of benzene rings is 1. The van der Waals surface area contributed by atoms with Crippen LogP contribution in [0.5, 0.6) is 0 Å². The molecule has 1 unspecified atom stereocenters. The molecular weight excluding hydrogens is 327 g/mol. The largest absolute Gasteiger partial charge is 0.350 e. The van der Waals surface area contributed by atoms with Crippen molar-refractivity contribution in [2.24, 2.45) is 5.92 Å². The smallest absolute Gasteiger partial charge is 0.321 e. The molecule has 0 spiro atoms. The Morgan fingerprint density at radius 3 is 2.73 bits per heavy atom. The van der Waals surface area contributed by atoms with E-state index >= 15 is 0 Å². The average Bonchev–Trinajstić information content (AvgIpc) is 3.05. The van der Waals surface area contributed by atoms with E-state index in [0.29, 0.717) is 35.5 Å². The van der Waals surface area contributed by atoms with Crippen molar-refractivity contribution in [3.05, 3.63) is 28.2 Å². The second-order valence-corrected chi connectivity index (χ2v) is 6.33. The minimum atomic E-state index is -0.180. The molecule has 2 saturated heterocycles.